The van der Waals surface area contributed by atoms with Gasteiger partial charge in [0.25, 0.3) is 0 Å². The van der Waals surface area contributed by atoms with Gasteiger partial charge in [-0.2, -0.15) is 0 Å². The van der Waals surface area contributed by atoms with E-state index in [0.717, 1.165) is 25.7 Å². The van der Waals surface area contributed by atoms with Crippen LogP contribution in [0.5, 0.6) is 0 Å². The minimum Gasteiger partial charge on any atom is -0.349 e. The molecule has 3 rings (SSSR count). The van der Waals surface area contributed by atoms with Gasteiger partial charge >= 0.3 is 0 Å². The van der Waals surface area contributed by atoms with Crippen molar-refractivity contribution in [2.45, 2.75) is 31.7 Å². The maximum atomic E-state index is 12.1. The van der Waals surface area contributed by atoms with Gasteiger partial charge in [-0.15, -0.1) is 0 Å². The molecular weight excluding hydrogens is 212 g/mol. The second kappa shape index (κ2) is 3.84. The summed E-state index contributed by atoms with van der Waals surface area (Å²) in [5.41, 5.74) is 8.10. The van der Waals surface area contributed by atoms with E-state index in [1.807, 2.05) is 6.07 Å². The molecule has 3 N–H and O–H groups in total. The first-order valence-electron chi connectivity index (χ1n) is 6.34. The van der Waals surface area contributed by atoms with E-state index in [1.54, 1.807) is 0 Å². The third-order valence-corrected chi connectivity index (χ3v) is 4.16. The van der Waals surface area contributed by atoms with Crippen molar-refractivity contribution in [3.8, 4) is 0 Å². The minimum atomic E-state index is -0.239. The number of nitrogens with one attached hydrogen (secondary N) is 1. The highest BCUT2D eigenvalue weighted by molar-refractivity contribution is 5.86. The number of hydrogen-bond donors (Lipinski definition) is 2. The zero-order chi connectivity index (χ0) is 11.9. The van der Waals surface area contributed by atoms with Crippen LogP contribution in [-0.2, 0) is 11.2 Å². The highest BCUT2D eigenvalue weighted by Crippen LogP contribution is 2.45. The van der Waals surface area contributed by atoms with Gasteiger partial charge < -0.3 is 11.1 Å². The summed E-state index contributed by atoms with van der Waals surface area (Å²) in [5, 5.41) is 3.17. The third-order valence-electron chi connectivity index (χ3n) is 4.16. The number of hydrogen-bond acceptors (Lipinski definition) is 2. The zero-order valence-corrected chi connectivity index (χ0v) is 9.91. The van der Waals surface area contributed by atoms with Crippen LogP contribution in [0.15, 0.2) is 24.3 Å². The average Bonchev–Trinajstić information content (AvgIpc) is 3.07. The Balaban J connectivity index is 1.74. The summed E-state index contributed by atoms with van der Waals surface area (Å²) in [5.74, 6) is 0.154. The van der Waals surface area contributed by atoms with Crippen molar-refractivity contribution < 1.29 is 4.79 Å². The number of aryl methyl sites for hydroxylation is 1. The van der Waals surface area contributed by atoms with Crippen molar-refractivity contribution in [3.05, 3.63) is 35.4 Å². The maximum Gasteiger partial charge on any atom is 0.227 e. The van der Waals surface area contributed by atoms with Crippen LogP contribution < -0.4 is 11.1 Å². The predicted molar refractivity (Wildman–Crippen MR) is 66.4 cm³/mol. The molecule has 2 aliphatic carbocycles. The number of amides is 1. The SMILES string of the molecule is NCC1(C(=O)NC2CCc3ccccc32)CC1. The Hall–Kier alpha value is -1.35. The molecule has 17 heavy (non-hydrogen) atoms. The molecule has 0 heterocycles. The van der Waals surface area contributed by atoms with Crippen molar-refractivity contribution in [1.82, 2.24) is 5.32 Å². The van der Waals surface area contributed by atoms with E-state index in [-0.39, 0.29) is 17.4 Å². The lowest BCUT2D eigenvalue weighted by Gasteiger charge is -2.18. The van der Waals surface area contributed by atoms with Gasteiger partial charge in [0.15, 0.2) is 0 Å². The van der Waals surface area contributed by atoms with Gasteiger partial charge in [-0.05, 0) is 36.8 Å². The number of nitrogens with two attached hydrogens (primary N) is 1. The number of rotatable bonds is 3. The molecule has 1 aromatic rings. The van der Waals surface area contributed by atoms with Crippen LogP contribution in [0.2, 0.25) is 0 Å². The Morgan fingerprint density at radius 2 is 2.18 bits per heavy atom. The zero-order valence-electron chi connectivity index (χ0n) is 9.91. The summed E-state index contributed by atoms with van der Waals surface area (Å²) in [7, 11) is 0. The van der Waals surface area contributed by atoms with Crippen molar-refractivity contribution in [2.75, 3.05) is 6.54 Å². The summed E-state index contributed by atoms with van der Waals surface area (Å²) in [6, 6.07) is 8.57. The van der Waals surface area contributed by atoms with Gasteiger partial charge in [0.2, 0.25) is 5.91 Å². The Labute approximate surface area is 101 Å². The number of benzene rings is 1. The summed E-state index contributed by atoms with van der Waals surface area (Å²) < 4.78 is 0. The fraction of sp³-hybridized carbons (Fsp3) is 0.500. The Kier molecular flexibility index (Phi) is 2.44. The van der Waals surface area contributed by atoms with Crippen LogP contribution >= 0.6 is 0 Å². The lowest BCUT2D eigenvalue weighted by atomic mass is 10.0. The van der Waals surface area contributed by atoms with Crippen molar-refractivity contribution in [2.24, 2.45) is 11.1 Å². The molecule has 0 bridgehead atoms. The van der Waals surface area contributed by atoms with E-state index in [1.165, 1.54) is 11.1 Å². The van der Waals surface area contributed by atoms with Crippen LogP contribution in [0.3, 0.4) is 0 Å². The van der Waals surface area contributed by atoms with E-state index in [9.17, 15) is 4.79 Å². The van der Waals surface area contributed by atoms with E-state index in [2.05, 4.69) is 23.5 Å². The predicted octanol–water partition coefficient (Wildman–Crippen LogP) is 1.53. The first-order chi connectivity index (χ1) is 8.25. The molecule has 90 valence electrons. The van der Waals surface area contributed by atoms with Gasteiger partial charge in [0.1, 0.15) is 0 Å². The number of carbonyl (C=O) groups is 1. The van der Waals surface area contributed by atoms with Crippen molar-refractivity contribution in [3.63, 3.8) is 0 Å². The smallest absolute Gasteiger partial charge is 0.227 e. The molecule has 1 fully saturated rings. The van der Waals surface area contributed by atoms with Crippen LogP contribution in [-0.4, -0.2) is 12.5 Å². The summed E-state index contributed by atoms with van der Waals surface area (Å²) in [6.07, 6.45) is 3.98. The van der Waals surface area contributed by atoms with Crippen LogP contribution in [0, 0.1) is 5.41 Å². The Bertz CT molecular complexity index is 451. The summed E-state index contributed by atoms with van der Waals surface area (Å²) in [4.78, 5) is 12.1. The first kappa shape index (κ1) is 10.8. The minimum absolute atomic E-state index is 0.154. The molecular formula is C14H18N2O. The molecule has 1 aromatic carbocycles. The van der Waals surface area contributed by atoms with Crippen LogP contribution in [0.4, 0.5) is 0 Å². The summed E-state index contributed by atoms with van der Waals surface area (Å²) in [6.45, 7) is 0.479. The monoisotopic (exact) mass is 230 g/mol. The van der Waals surface area contributed by atoms with Gasteiger partial charge in [0, 0.05) is 6.54 Å². The Morgan fingerprint density at radius 3 is 2.88 bits per heavy atom. The fourth-order valence-corrected chi connectivity index (χ4v) is 2.69. The molecule has 0 spiro atoms. The quantitative estimate of drug-likeness (QED) is 0.827. The highest BCUT2D eigenvalue weighted by Gasteiger charge is 2.49. The molecule has 0 aromatic heterocycles. The van der Waals surface area contributed by atoms with E-state index < -0.39 is 0 Å². The van der Waals surface area contributed by atoms with Crippen LogP contribution in [0.1, 0.15) is 36.4 Å². The first-order valence-corrected chi connectivity index (χ1v) is 6.34. The van der Waals surface area contributed by atoms with E-state index >= 15 is 0 Å². The average molecular weight is 230 g/mol. The Morgan fingerprint density at radius 1 is 1.41 bits per heavy atom. The molecule has 1 atom stereocenters. The standard InChI is InChI=1S/C14H18N2O/c15-9-14(7-8-14)13(17)16-12-6-5-10-3-1-2-4-11(10)12/h1-4,12H,5-9,15H2,(H,16,17). The second-order valence-corrected chi connectivity index (χ2v) is 5.25. The normalized spacial score (nSPS) is 24.2. The van der Waals surface area contributed by atoms with Crippen molar-refractivity contribution in [1.29, 1.82) is 0 Å². The molecule has 3 nitrogen and oxygen atoms in total. The molecule has 2 aliphatic rings. The third kappa shape index (κ3) is 1.75. The topological polar surface area (TPSA) is 55.1 Å². The lowest BCUT2D eigenvalue weighted by molar-refractivity contribution is -0.126. The largest absolute Gasteiger partial charge is 0.349 e. The van der Waals surface area contributed by atoms with Crippen LogP contribution in [0.25, 0.3) is 0 Å². The maximum absolute atomic E-state index is 12.1. The number of fused-ring (bicyclic) bond motifs is 1. The van der Waals surface area contributed by atoms with E-state index in [4.69, 9.17) is 5.73 Å². The number of carbonyl (C=O) groups excluding carboxylic acids is 1. The molecule has 0 radical (unpaired) electrons. The molecule has 3 heteroatoms. The second-order valence-electron chi connectivity index (χ2n) is 5.25. The van der Waals surface area contributed by atoms with Gasteiger partial charge in [-0.3, -0.25) is 4.79 Å². The van der Waals surface area contributed by atoms with Crippen molar-refractivity contribution >= 4 is 5.91 Å². The lowest BCUT2D eigenvalue weighted by Crippen LogP contribution is -2.38. The molecule has 1 amide bonds. The molecule has 1 saturated carbocycles. The fourth-order valence-electron chi connectivity index (χ4n) is 2.69. The molecule has 0 aliphatic heterocycles. The van der Waals surface area contributed by atoms with Gasteiger partial charge in [0.05, 0.1) is 11.5 Å². The molecule has 1 unspecified atom stereocenters. The molecule has 0 saturated heterocycles. The summed E-state index contributed by atoms with van der Waals surface area (Å²) >= 11 is 0. The highest BCUT2D eigenvalue weighted by atomic mass is 16.2. The van der Waals surface area contributed by atoms with Gasteiger partial charge in [-0.25, -0.2) is 0 Å². The van der Waals surface area contributed by atoms with E-state index in [0.29, 0.717) is 6.54 Å². The van der Waals surface area contributed by atoms with Gasteiger partial charge in [-0.1, -0.05) is 24.3 Å².